The van der Waals surface area contributed by atoms with E-state index in [2.05, 4.69) is 6.58 Å². The van der Waals surface area contributed by atoms with Gasteiger partial charge in [-0.1, -0.05) is 6.08 Å². The van der Waals surface area contributed by atoms with Gasteiger partial charge in [-0.2, -0.15) is 0 Å². The van der Waals surface area contributed by atoms with Gasteiger partial charge in [0, 0.05) is 12.6 Å². The van der Waals surface area contributed by atoms with E-state index in [9.17, 15) is 9.59 Å². The molecule has 5 heteroatoms. The number of carboxylic acids is 1. The van der Waals surface area contributed by atoms with Gasteiger partial charge in [-0.25, -0.2) is 0 Å². The van der Waals surface area contributed by atoms with Gasteiger partial charge in [-0.3, -0.25) is 9.59 Å². The van der Waals surface area contributed by atoms with Crippen molar-refractivity contribution in [1.29, 1.82) is 0 Å². The first kappa shape index (κ1) is 14.0. The molecule has 5 nitrogen and oxygen atoms in total. The largest absolute Gasteiger partial charge is 0.481 e. The van der Waals surface area contributed by atoms with E-state index in [4.69, 9.17) is 9.52 Å². The summed E-state index contributed by atoms with van der Waals surface area (Å²) in [5.41, 5.74) is 0.299. The number of hydrogen-bond donors (Lipinski definition) is 1. The lowest BCUT2D eigenvalue weighted by molar-refractivity contribution is -0.136. The Bertz CT molecular complexity index is 448. The summed E-state index contributed by atoms with van der Waals surface area (Å²) in [5, 5.41) is 8.74. The van der Waals surface area contributed by atoms with E-state index in [1.165, 1.54) is 12.3 Å². The van der Waals surface area contributed by atoms with Crippen molar-refractivity contribution in [2.24, 2.45) is 0 Å². The van der Waals surface area contributed by atoms with E-state index in [1.54, 1.807) is 11.0 Å². The van der Waals surface area contributed by atoms with E-state index in [0.717, 1.165) is 0 Å². The standard InChI is InChI=1S/C13H17NO4/c1-4-6-14(9(2)3)13(17)10-5-7-18-11(10)8-12(15)16/h4-5,7,9H,1,6,8H2,2-3H3,(H,15,16). The van der Waals surface area contributed by atoms with Crippen molar-refractivity contribution in [2.45, 2.75) is 26.3 Å². The van der Waals surface area contributed by atoms with Crippen molar-refractivity contribution in [1.82, 2.24) is 4.90 Å². The zero-order chi connectivity index (χ0) is 13.7. The zero-order valence-electron chi connectivity index (χ0n) is 10.5. The third kappa shape index (κ3) is 3.23. The van der Waals surface area contributed by atoms with Gasteiger partial charge in [-0.05, 0) is 19.9 Å². The van der Waals surface area contributed by atoms with Crippen LogP contribution >= 0.6 is 0 Å². The highest BCUT2D eigenvalue weighted by molar-refractivity contribution is 5.96. The molecule has 0 spiro atoms. The molecule has 1 amide bonds. The molecule has 0 bridgehead atoms. The van der Waals surface area contributed by atoms with Crippen LogP contribution in [-0.2, 0) is 11.2 Å². The molecule has 0 aliphatic heterocycles. The first-order valence-electron chi connectivity index (χ1n) is 5.67. The van der Waals surface area contributed by atoms with Gasteiger partial charge in [0.1, 0.15) is 12.2 Å². The maximum absolute atomic E-state index is 12.3. The Morgan fingerprint density at radius 1 is 1.56 bits per heavy atom. The van der Waals surface area contributed by atoms with Gasteiger partial charge in [0.05, 0.1) is 11.8 Å². The topological polar surface area (TPSA) is 70.8 Å². The highest BCUT2D eigenvalue weighted by Gasteiger charge is 2.23. The van der Waals surface area contributed by atoms with Gasteiger partial charge in [0.25, 0.3) is 5.91 Å². The molecule has 0 saturated carbocycles. The van der Waals surface area contributed by atoms with Gasteiger partial charge >= 0.3 is 5.97 Å². The Balaban J connectivity index is 2.97. The maximum atomic E-state index is 12.3. The Kier molecular flexibility index (Phi) is 4.71. The lowest BCUT2D eigenvalue weighted by atomic mass is 10.1. The highest BCUT2D eigenvalue weighted by atomic mass is 16.4. The SMILES string of the molecule is C=CCN(C(=O)c1ccoc1CC(=O)O)C(C)C. The molecule has 0 atom stereocenters. The molecule has 1 aromatic rings. The molecule has 0 fully saturated rings. The van der Waals surface area contributed by atoms with Crippen molar-refractivity contribution in [3.05, 3.63) is 36.3 Å². The molecule has 0 unspecified atom stereocenters. The van der Waals surface area contributed by atoms with Crippen LogP contribution in [0.1, 0.15) is 30.0 Å². The van der Waals surface area contributed by atoms with Crippen LogP contribution in [0.25, 0.3) is 0 Å². The van der Waals surface area contributed by atoms with E-state index in [0.29, 0.717) is 12.1 Å². The second-order valence-corrected chi connectivity index (χ2v) is 4.17. The number of carbonyl (C=O) groups excluding carboxylic acids is 1. The molecule has 0 radical (unpaired) electrons. The lowest BCUT2D eigenvalue weighted by Crippen LogP contribution is -2.37. The zero-order valence-corrected chi connectivity index (χ0v) is 10.5. The molecule has 0 aliphatic rings. The number of furan rings is 1. The summed E-state index contributed by atoms with van der Waals surface area (Å²) in [6.45, 7) is 7.79. The monoisotopic (exact) mass is 251 g/mol. The first-order chi connectivity index (χ1) is 8.47. The predicted octanol–water partition coefficient (Wildman–Crippen LogP) is 1.94. The average Bonchev–Trinajstić information content (AvgIpc) is 2.71. The highest BCUT2D eigenvalue weighted by Crippen LogP contribution is 2.16. The summed E-state index contributed by atoms with van der Waals surface area (Å²) >= 11 is 0. The van der Waals surface area contributed by atoms with Crippen LogP contribution in [0.4, 0.5) is 0 Å². The number of nitrogens with zero attached hydrogens (tertiary/aromatic N) is 1. The number of carbonyl (C=O) groups is 2. The molecule has 0 aromatic carbocycles. The van der Waals surface area contributed by atoms with E-state index < -0.39 is 5.97 Å². The fraction of sp³-hybridized carbons (Fsp3) is 0.385. The third-order valence-corrected chi connectivity index (χ3v) is 2.50. The van der Waals surface area contributed by atoms with Gasteiger partial charge in [0.15, 0.2) is 0 Å². The Morgan fingerprint density at radius 3 is 2.72 bits per heavy atom. The second-order valence-electron chi connectivity index (χ2n) is 4.17. The molecule has 1 aromatic heterocycles. The number of carboxylic acid groups (broad SMARTS) is 1. The molecule has 0 aliphatic carbocycles. The fourth-order valence-electron chi connectivity index (χ4n) is 1.63. The summed E-state index contributed by atoms with van der Waals surface area (Å²) in [6, 6.07) is 1.50. The maximum Gasteiger partial charge on any atom is 0.311 e. The lowest BCUT2D eigenvalue weighted by Gasteiger charge is -2.25. The quantitative estimate of drug-likeness (QED) is 0.784. The van der Waals surface area contributed by atoms with E-state index in [-0.39, 0.29) is 24.1 Å². The van der Waals surface area contributed by atoms with E-state index in [1.807, 2.05) is 13.8 Å². The molecule has 0 saturated heterocycles. The first-order valence-corrected chi connectivity index (χ1v) is 5.67. The van der Waals surface area contributed by atoms with Crippen molar-refractivity contribution in [3.8, 4) is 0 Å². The average molecular weight is 251 g/mol. The minimum absolute atomic E-state index is 0.00285. The van der Waals surface area contributed by atoms with Crippen LogP contribution in [-0.4, -0.2) is 34.5 Å². The number of hydrogen-bond acceptors (Lipinski definition) is 3. The van der Waals surface area contributed by atoms with Crippen LogP contribution in [0.5, 0.6) is 0 Å². The van der Waals surface area contributed by atoms with Crippen LogP contribution in [0.2, 0.25) is 0 Å². The van der Waals surface area contributed by atoms with E-state index >= 15 is 0 Å². The Labute approximate surface area is 106 Å². The van der Waals surface area contributed by atoms with Crippen molar-refractivity contribution in [3.63, 3.8) is 0 Å². The van der Waals surface area contributed by atoms with Crippen LogP contribution < -0.4 is 0 Å². The number of amides is 1. The summed E-state index contributed by atoms with van der Waals surface area (Å²) < 4.78 is 5.05. The molecule has 98 valence electrons. The fourth-order valence-corrected chi connectivity index (χ4v) is 1.63. The van der Waals surface area contributed by atoms with Gasteiger partial charge in [-0.15, -0.1) is 6.58 Å². The van der Waals surface area contributed by atoms with Crippen LogP contribution in [0.15, 0.2) is 29.4 Å². The molecular weight excluding hydrogens is 234 g/mol. The molecule has 1 heterocycles. The molecule has 1 rings (SSSR count). The predicted molar refractivity (Wildman–Crippen MR) is 66.4 cm³/mol. The molecule has 18 heavy (non-hydrogen) atoms. The molecular formula is C13H17NO4. The Morgan fingerprint density at radius 2 is 2.22 bits per heavy atom. The smallest absolute Gasteiger partial charge is 0.311 e. The number of rotatable bonds is 6. The minimum Gasteiger partial charge on any atom is -0.481 e. The summed E-state index contributed by atoms with van der Waals surface area (Å²) in [7, 11) is 0. The normalized spacial score (nSPS) is 10.4. The number of aliphatic carboxylic acids is 1. The third-order valence-electron chi connectivity index (χ3n) is 2.50. The summed E-state index contributed by atoms with van der Waals surface area (Å²) in [5.74, 6) is -1.09. The summed E-state index contributed by atoms with van der Waals surface area (Å²) in [6.07, 6.45) is 2.67. The van der Waals surface area contributed by atoms with Gasteiger partial charge in [0.2, 0.25) is 0 Å². The van der Waals surface area contributed by atoms with Crippen LogP contribution in [0, 0.1) is 0 Å². The molecule has 1 N–H and O–H groups in total. The minimum atomic E-state index is -1.03. The van der Waals surface area contributed by atoms with Crippen molar-refractivity contribution >= 4 is 11.9 Å². The van der Waals surface area contributed by atoms with Crippen molar-refractivity contribution < 1.29 is 19.1 Å². The van der Waals surface area contributed by atoms with Gasteiger partial charge < -0.3 is 14.4 Å². The van der Waals surface area contributed by atoms with Crippen LogP contribution in [0.3, 0.4) is 0 Å². The summed E-state index contributed by atoms with van der Waals surface area (Å²) in [4.78, 5) is 24.5. The van der Waals surface area contributed by atoms with Crippen molar-refractivity contribution in [2.75, 3.05) is 6.54 Å². The second kappa shape index (κ2) is 6.05. The Hall–Kier alpha value is -2.04.